The zero-order valence-corrected chi connectivity index (χ0v) is 21.6. The molecule has 0 saturated heterocycles. The summed E-state index contributed by atoms with van der Waals surface area (Å²) in [7, 11) is -3.58. The minimum Gasteiger partial charge on any atom is -0.494 e. The van der Waals surface area contributed by atoms with E-state index in [2.05, 4.69) is 29.6 Å². The van der Waals surface area contributed by atoms with Crippen molar-refractivity contribution >= 4 is 47.3 Å². The van der Waals surface area contributed by atoms with Gasteiger partial charge >= 0.3 is 0 Å². The highest BCUT2D eigenvalue weighted by atomic mass is 35.5. The predicted octanol–water partition coefficient (Wildman–Crippen LogP) is 4.65. The molecule has 2 rings (SSSR count). The monoisotopic (exact) mass is 507 g/mol. The quantitative estimate of drug-likeness (QED) is 0.109. The second-order valence-electron chi connectivity index (χ2n) is 8.01. The lowest BCUT2D eigenvalue weighted by Gasteiger charge is -2.22. The van der Waals surface area contributed by atoms with E-state index in [-0.39, 0.29) is 34.4 Å². The second kappa shape index (κ2) is 11.0. The van der Waals surface area contributed by atoms with Crippen LogP contribution in [0.3, 0.4) is 0 Å². The molecule has 0 spiro atoms. The molecule has 0 unspecified atom stereocenters. The number of rotatable bonds is 11. The van der Waals surface area contributed by atoms with Crippen LogP contribution in [0.25, 0.3) is 0 Å². The van der Waals surface area contributed by atoms with Crippen LogP contribution in [-0.2, 0) is 20.5 Å². The Labute approximate surface area is 193 Å². The lowest BCUT2D eigenvalue weighted by Crippen LogP contribution is -2.34. The number of halogens is 2. The summed E-state index contributed by atoms with van der Waals surface area (Å²) >= 11 is 7.25. The van der Waals surface area contributed by atoms with Crippen LogP contribution in [0.5, 0.6) is 5.75 Å². The average molecular weight is 508 g/mol. The van der Waals surface area contributed by atoms with Gasteiger partial charge < -0.3 is 9.47 Å². The fourth-order valence-electron chi connectivity index (χ4n) is 2.40. The summed E-state index contributed by atoms with van der Waals surface area (Å²) in [4.78, 5) is 8.43. The molecule has 1 aromatic heterocycles. The van der Waals surface area contributed by atoms with Crippen LogP contribution in [0.4, 0.5) is 10.2 Å². The van der Waals surface area contributed by atoms with E-state index >= 15 is 0 Å². The molecule has 172 valence electrons. The number of methoxy groups -OCH3 is 1. The molecule has 2 aromatic rings. The molecule has 31 heavy (non-hydrogen) atoms. The number of sulfonamides is 1. The number of benzene rings is 1. The number of thioether (sulfide) groups is 1. The normalized spacial score (nSPS) is 12.1. The van der Waals surface area contributed by atoms with Gasteiger partial charge in [-0.3, -0.25) is 0 Å². The van der Waals surface area contributed by atoms with Crippen LogP contribution in [0, 0.1) is 5.82 Å². The number of hydrogen-bond acceptors (Lipinski definition) is 7. The molecule has 1 aromatic carbocycles. The lowest BCUT2D eigenvalue weighted by molar-refractivity contribution is 0.156. The van der Waals surface area contributed by atoms with Crippen LogP contribution < -0.4 is 9.04 Å². The summed E-state index contributed by atoms with van der Waals surface area (Å²) in [6, 6.07) is 7.11. The van der Waals surface area contributed by atoms with Crippen molar-refractivity contribution < 1.29 is 22.3 Å². The van der Waals surface area contributed by atoms with E-state index in [0.29, 0.717) is 12.2 Å². The maximum Gasteiger partial charge on any atom is 0.235 e. The summed E-state index contributed by atoms with van der Waals surface area (Å²) in [5.41, 5.74) is 0.407. The van der Waals surface area contributed by atoms with Gasteiger partial charge in [0.1, 0.15) is 17.7 Å². The molecule has 0 aliphatic carbocycles. The molecule has 12 heteroatoms. The molecular formula is C19H27ClFN3O4S2Si. The van der Waals surface area contributed by atoms with Gasteiger partial charge in [0.15, 0.2) is 16.7 Å². The van der Waals surface area contributed by atoms with Crippen molar-refractivity contribution in [2.24, 2.45) is 0 Å². The molecule has 0 radical (unpaired) electrons. The topological polar surface area (TPSA) is 81.6 Å². The summed E-state index contributed by atoms with van der Waals surface area (Å²) in [6.45, 7) is 6.92. The molecule has 0 fully saturated rings. The zero-order chi connectivity index (χ0) is 23.2. The van der Waals surface area contributed by atoms with Crippen molar-refractivity contribution in [3.63, 3.8) is 0 Å². The Morgan fingerprint density at radius 3 is 2.58 bits per heavy atom. The van der Waals surface area contributed by atoms with E-state index in [9.17, 15) is 12.8 Å². The Bertz CT molecular complexity index is 1010. The third kappa shape index (κ3) is 8.22. The third-order valence-electron chi connectivity index (χ3n) is 4.14. The Balaban J connectivity index is 2.18. The number of nitrogens with zero attached hydrogens (tertiary/aromatic N) is 3. The summed E-state index contributed by atoms with van der Waals surface area (Å²) in [5, 5.41) is 0.301. The summed E-state index contributed by atoms with van der Waals surface area (Å²) in [5.74, 6) is -0.00375. The van der Waals surface area contributed by atoms with Gasteiger partial charge in [-0.05, 0) is 12.1 Å². The van der Waals surface area contributed by atoms with Crippen LogP contribution in [0.1, 0.15) is 5.56 Å². The van der Waals surface area contributed by atoms with Crippen molar-refractivity contribution in [3.05, 3.63) is 40.8 Å². The predicted molar refractivity (Wildman–Crippen MR) is 126 cm³/mol. The number of anilines is 1. The molecular weight excluding hydrogens is 481 g/mol. The minimum absolute atomic E-state index is 0.0781. The first-order valence-corrected chi connectivity index (χ1v) is 16.4. The van der Waals surface area contributed by atoms with Crippen LogP contribution in [0.15, 0.2) is 29.4 Å². The summed E-state index contributed by atoms with van der Waals surface area (Å²) in [6.07, 6.45) is 1.07. The smallest absolute Gasteiger partial charge is 0.235 e. The lowest BCUT2D eigenvalue weighted by atomic mass is 10.2. The van der Waals surface area contributed by atoms with E-state index in [4.69, 9.17) is 21.1 Å². The Hall–Kier alpha value is -1.40. The molecule has 0 aliphatic rings. The molecule has 7 nitrogen and oxygen atoms in total. The fourth-order valence-corrected chi connectivity index (χ4v) is 4.92. The van der Waals surface area contributed by atoms with E-state index in [1.165, 1.54) is 19.2 Å². The molecule has 0 aliphatic heterocycles. The molecule has 0 bridgehead atoms. The largest absolute Gasteiger partial charge is 0.494 e. The minimum atomic E-state index is -3.67. The maximum atomic E-state index is 14.4. The Morgan fingerprint density at radius 1 is 1.26 bits per heavy atom. The van der Waals surface area contributed by atoms with Crippen molar-refractivity contribution in [3.8, 4) is 5.75 Å². The van der Waals surface area contributed by atoms with Crippen LogP contribution in [0.2, 0.25) is 30.8 Å². The van der Waals surface area contributed by atoms with E-state index in [1.807, 2.05) is 0 Å². The van der Waals surface area contributed by atoms with Gasteiger partial charge in [0, 0.05) is 32.1 Å². The number of hydrogen-bond donors (Lipinski definition) is 0. The third-order valence-corrected chi connectivity index (χ3v) is 8.03. The Morgan fingerprint density at radius 2 is 1.97 bits per heavy atom. The molecule has 0 amide bonds. The molecule has 0 atom stereocenters. The van der Waals surface area contributed by atoms with E-state index < -0.39 is 23.9 Å². The zero-order valence-electron chi connectivity index (χ0n) is 18.2. The highest BCUT2D eigenvalue weighted by Gasteiger charge is 2.22. The van der Waals surface area contributed by atoms with Gasteiger partial charge in [0.2, 0.25) is 10.0 Å². The van der Waals surface area contributed by atoms with Gasteiger partial charge in [-0.25, -0.2) is 27.1 Å². The van der Waals surface area contributed by atoms with E-state index in [1.54, 1.807) is 12.1 Å². The van der Waals surface area contributed by atoms with Gasteiger partial charge in [-0.2, -0.15) is 0 Å². The standard InChI is InChI=1S/C19H27ClFN3O4S2Si/c1-27-15-8-6-7-14(18(15)21)12-29-19-22-16(20)11-17(23-19)24(30(2,25)26)13-28-9-10-31(3,4)5/h6-8,11H,9-10,12-13H2,1-5H3. The first-order chi connectivity index (χ1) is 14.4. The van der Waals surface area contributed by atoms with Gasteiger partial charge in [0.25, 0.3) is 0 Å². The average Bonchev–Trinajstić information content (AvgIpc) is 2.64. The first-order valence-electron chi connectivity index (χ1n) is 9.45. The van der Waals surface area contributed by atoms with Crippen molar-refractivity contribution in [2.75, 3.05) is 31.0 Å². The molecule has 0 N–H and O–H groups in total. The Kier molecular flexibility index (Phi) is 9.13. The second-order valence-corrected chi connectivity index (χ2v) is 16.9. The number of aromatic nitrogens is 2. The van der Waals surface area contributed by atoms with Gasteiger partial charge in [0.05, 0.1) is 13.4 Å². The van der Waals surface area contributed by atoms with E-state index in [0.717, 1.165) is 28.4 Å². The van der Waals surface area contributed by atoms with Crippen molar-refractivity contribution in [2.45, 2.75) is 36.6 Å². The van der Waals surface area contributed by atoms with Crippen LogP contribution in [-0.4, -0.2) is 53.2 Å². The molecule has 1 heterocycles. The highest BCUT2D eigenvalue weighted by Crippen LogP contribution is 2.28. The van der Waals surface area contributed by atoms with Crippen molar-refractivity contribution in [1.82, 2.24) is 9.97 Å². The van der Waals surface area contributed by atoms with Crippen molar-refractivity contribution in [1.29, 1.82) is 0 Å². The first kappa shape index (κ1) is 25.9. The highest BCUT2D eigenvalue weighted by molar-refractivity contribution is 7.98. The molecule has 0 saturated carbocycles. The SMILES string of the molecule is COc1cccc(CSc2nc(Cl)cc(N(COCC[Si](C)(C)C)S(C)(=O)=O)n2)c1F. The van der Waals surface area contributed by atoms with Gasteiger partial charge in [-0.15, -0.1) is 0 Å². The van der Waals surface area contributed by atoms with Crippen LogP contribution >= 0.6 is 23.4 Å². The van der Waals surface area contributed by atoms with Gasteiger partial charge in [-0.1, -0.05) is 55.1 Å². The maximum absolute atomic E-state index is 14.4. The summed E-state index contributed by atoms with van der Waals surface area (Å²) < 4.78 is 50.7. The fraction of sp³-hybridized carbons (Fsp3) is 0.474. The number of ether oxygens (including phenoxy) is 2.